The molecule has 0 amide bonds. The molecule has 0 bridgehead atoms. The van der Waals surface area contributed by atoms with Gasteiger partial charge in [-0.15, -0.1) is 11.8 Å². The van der Waals surface area contributed by atoms with E-state index in [9.17, 15) is 4.79 Å². The van der Waals surface area contributed by atoms with Gasteiger partial charge in [-0.1, -0.05) is 29.8 Å². The van der Waals surface area contributed by atoms with Crippen molar-refractivity contribution in [1.29, 1.82) is 0 Å². The van der Waals surface area contributed by atoms with Crippen molar-refractivity contribution in [3.05, 3.63) is 46.7 Å². The number of aryl methyl sites for hydroxylation is 1. The number of para-hydroxylation sites is 1. The zero-order valence-corrected chi connectivity index (χ0v) is 12.9. The summed E-state index contributed by atoms with van der Waals surface area (Å²) in [5.41, 5.74) is 2.55. The zero-order chi connectivity index (χ0) is 15.0. The lowest BCUT2D eigenvalue weighted by Crippen LogP contribution is -2.33. The Hall–Kier alpha value is -1.50. The number of aliphatic carboxylic acids is 1. The van der Waals surface area contributed by atoms with Gasteiger partial charge in [0.25, 0.3) is 0 Å². The molecule has 1 aromatic heterocycles. The summed E-state index contributed by atoms with van der Waals surface area (Å²) in [5.74, 6) is -0.319. The third-order valence-corrected chi connectivity index (χ3v) is 4.99. The molecule has 21 heavy (non-hydrogen) atoms. The van der Waals surface area contributed by atoms with Crippen molar-refractivity contribution in [3.8, 4) is 5.69 Å². The van der Waals surface area contributed by atoms with Gasteiger partial charge >= 0.3 is 5.97 Å². The predicted octanol–water partition coefficient (Wildman–Crippen LogP) is 2.62. The van der Waals surface area contributed by atoms with Crippen LogP contribution in [-0.2, 0) is 4.79 Å². The van der Waals surface area contributed by atoms with Gasteiger partial charge in [0.05, 0.1) is 16.8 Å². The quantitative estimate of drug-likeness (QED) is 0.909. The van der Waals surface area contributed by atoms with Crippen LogP contribution < -0.4 is 5.32 Å². The number of benzene rings is 1. The average molecular weight is 324 g/mol. The number of carbonyl (C=O) groups is 1. The van der Waals surface area contributed by atoms with Crippen LogP contribution in [0.5, 0.6) is 0 Å². The van der Waals surface area contributed by atoms with Gasteiger partial charge in [-0.25, -0.2) is 4.68 Å². The fraction of sp³-hybridized carbons (Fsp3) is 0.286. The lowest BCUT2D eigenvalue weighted by atomic mass is 10.2. The summed E-state index contributed by atoms with van der Waals surface area (Å²) in [4.78, 5) is 11.0. The Bertz CT molecular complexity index is 674. The molecular weight excluding hydrogens is 310 g/mol. The summed E-state index contributed by atoms with van der Waals surface area (Å²) in [6.07, 6.45) is 0. The van der Waals surface area contributed by atoms with Crippen LogP contribution in [0.3, 0.4) is 0 Å². The minimum atomic E-state index is -0.839. The molecule has 5 nitrogen and oxygen atoms in total. The molecule has 1 aliphatic heterocycles. The number of nitrogens with one attached hydrogen (secondary N) is 1. The molecule has 1 saturated heterocycles. The molecule has 3 rings (SSSR count). The van der Waals surface area contributed by atoms with Gasteiger partial charge < -0.3 is 5.11 Å². The molecular formula is C14H14ClN3O2S. The number of carboxylic acid groups (broad SMARTS) is 1. The maximum atomic E-state index is 11.0. The predicted molar refractivity (Wildman–Crippen MR) is 83.1 cm³/mol. The van der Waals surface area contributed by atoms with Crippen LogP contribution in [-0.4, -0.2) is 32.7 Å². The highest BCUT2D eigenvalue weighted by atomic mass is 35.5. The minimum absolute atomic E-state index is 0.143. The maximum absolute atomic E-state index is 11.0. The van der Waals surface area contributed by atoms with Gasteiger partial charge in [0.1, 0.15) is 11.2 Å². The number of carboxylic acids is 1. The molecule has 7 heteroatoms. The number of hydrogen-bond acceptors (Lipinski definition) is 4. The first kappa shape index (κ1) is 14.4. The summed E-state index contributed by atoms with van der Waals surface area (Å²) in [6, 6.07) is 9.09. The second-order valence-electron chi connectivity index (χ2n) is 4.81. The number of nitrogens with zero attached hydrogens (tertiary/aromatic N) is 2. The number of aromatic nitrogens is 2. The van der Waals surface area contributed by atoms with Crippen molar-refractivity contribution in [3.63, 3.8) is 0 Å². The van der Waals surface area contributed by atoms with Gasteiger partial charge in [-0.3, -0.25) is 10.1 Å². The average Bonchev–Trinajstić information content (AvgIpc) is 3.05. The molecule has 110 valence electrons. The van der Waals surface area contributed by atoms with Gasteiger partial charge in [-0.2, -0.15) is 5.10 Å². The maximum Gasteiger partial charge on any atom is 0.321 e. The lowest BCUT2D eigenvalue weighted by molar-refractivity contribution is -0.138. The summed E-state index contributed by atoms with van der Waals surface area (Å²) in [5, 5.41) is 17.0. The van der Waals surface area contributed by atoms with Crippen LogP contribution in [0.4, 0.5) is 0 Å². The van der Waals surface area contributed by atoms with Crippen LogP contribution in [0.15, 0.2) is 30.3 Å². The van der Waals surface area contributed by atoms with Crippen LogP contribution in [0, 0.1) is 6.92 Å². The van der Waals surface area contributed by atoms with E-state index < -0.39 is 12.0 Å². The Morgan fingerprint density at radius 3 is 2.81 bits per heavy atom. The summed E-state index contributed by atoms with van der Waals surface area (Å²) in [7, 11) is 0. The van der Waals surface area contributed by atoms with E-state index in [0.29, 0.717) is 10.9 Å². The molecule has 2 aromatic rings. The Morgan fingerprint density at radius 1 is 1.48 bits per heavy atom. The van der Waals surface area contributed by atoms with Crippen molar-refractivity contribution < 1.29 is 9.90 Å². The standard InChI is InChI=1S/C14H14ClN3O2S/c1-8-11(13-16-10(7-21-13)14(19)20)12(15)18(17-8)9-5-3-2-4-6-9/h2-6,10,13,16H,7H2,1H3,(H,19,20)/t10-,13-/m1/s1. The zero-order valence-electron chi connectivity index (χ0n) is 11.3. The van der Waals surface area contributed by atoms with E-state index in [-0.39, 0.29) is 5.37 Å². The highest BCUT2D eigenvalue weighted by Crippen LogP contribution is 2.39. The normalized spacial score (nSPS) is 21.6. The molecule has 2 heterocycles. The Morgan fingerprint density at radius 2 is 2.19 bits per heavy atom. The molecule has 0 aliphatic carbocycles. The minimum Gasteiger partial charge on any atom is -0.480 e. The molecule has 0 saturated carbocycles. The highest BCUT2D eigenvalue weighted by molar-refractivity contribution is 7.99. The second-order valence-corrected chi connectivity index (χ2v) is 6.30. The van der Waals surface area contributed by atoms with Gasteiger partial charge in [0, 0.05) is 11.3 Å². The fourth-order valence-corrected chi connectivity index (χ4v) is 4.11. The van der Waals surface area contributed by atoms with Crippen LogP contribution >= 0.6 is 23.4 Å². The fourth-order valence-electron chi connectivity index (χ4n) is 2.33. The topological polar surface area (TPSA) is 67.2 Å². The van der Waals surface area contributed by atoms with E-state index >= 15 is 0 Å². The Labute approximate surface area is 131 Å². The first-order chi connectivity index (χ1) is 10.1. The van der Waals surface area contributed by atoms with Crippen LogP contribution in [0.2, 0.25) is 5.15 Å². The molecule has 1 aromatic carbocycles. The molecule has 1 aliphatic rings. The first-order valence-electron chi connectivity index (χ1n) is 6.49. The molecule has 0 radical (unpaired) electrons. The van der Waals surface area contributed by atoms with E-state index in [1.807, 2.05) is 37.3 Å². The van der Waals surface area contributed by atoms with Crippen molar-refractivity contribution in [2.45, 2.75) is 18.3 Å². The summed E-state index contributed by atoms with van der Waals surface area (Å²) < 4.78 is 1.68. The van der Waals surface area contributed by atoms with E-state index in [0.717, 1.165) is 16.9 Å². The number of rotatable bonds is 3. The molecule has 2 N–H and O–H groups in total. The summed E-state index contributed by atoms with van der Waals surface area (Å²) in [6.45, 7) is 1.89. The Kier molecular flexibility index (Phi) is 3.93. The van der Waals surface area contributed by atoms with Crippen molar-refractivity contribution >= 4 is 29.3 Å². The third-order valence-electron chi connectivity index (χ3n) is 3.39. The van der Waals surface area contributed by atoms with E-state index in [1.165, 1.54) is 11.8 Å². The lowest BCUT2D eigenvalue weighted by Gasteiger charge is -2.11. The smallest absolute Gasteiger partial charge is 0.321 e. The SMILES string of the molecule is Cc1nn(-c2ccccc2)c(Cl)c1[C@@H]1N[C@@H](C(=O)O)CS1. The largest absolute Gasteiger partial charge is 0.480 e. The van der Waals surface area contributed by atoms with Crippen LogP contribution in [0.1, 0.15) is 16.6 Å². The van der Waals surface area contributed by atoms with Crippen molar-refractivity contribution in [1.82, 2.24) is 15.1 Å². The number of thioether (sulfide) groups is 1. The molecule has 1 fully saturated rings. The third kappa shape index (κ3) is 2.66. The van der Waals surface area contributed by atoms with E-state index in [4.69, 9.17) is 16.7 Å². The monoisotopic (exact) mass is 323 g/mol. The first-order valence-corrected chi connectivity index (χ1v) is 7.91. The van der Waals surface area contributed by atoms with Gasteiger partial charge in [0.15, 0.2) is 0 Å². The summed E-state index contributed by atoms with van der Waals surface area (Å²) >= 11 is 8.01. The number of halogens is 1. The molecule has 0 unspecified atom stereocenters. The van der Waals surface area contributed by atoms with E-state index in [2.05, 4.69) is 10.4 Å². The highest BCUT2D eigenvalue weighted by Gasteiger charge is 2.34. The Balaban J connectivity index is 1.95. The molecule has 0 spiro atoms. The second kappa shape index (κ2) is 5.71. The van der Waals surface area contributed by atoms with Crippen LogP contribution in [0.25, 0.3) is 5.69 Å². The van der Waals surface area contributed by atoms with Gasteiger partial charge in [0.2, 0.25) is 0 Å². The van der Waals surface area contributed by atoms with E-state index in [1.54, 1.807) is 4.68 Å². The van der Waals surface area contributed by atoms with Crippen molar-refractivity contribution in [2.24, 2.45) is 0 Å². The van der Waals surface area contributed by atoms with Gasteiger partial charge in [-0.05, 0) is 19.1 Å². The van der Waals surface area contributed by atoms with Crippen molar-refractivity contribution in [2.75, 3.05) is 5.75 Å². The molecule has 2 atom stereocenters. The number of hydrogen-bond donors (Lipinski definition) is 2.